The maximum Gasteiger partial charge on any atom is 0.251 e. The SMILES string of the molecule is COc1cc(C(=O)NC2CCC(N3CCN(C)CC3)CC2)ccc1Nc1ncc2c(n1)N(C1CCCC1)CC1(CC1)C(=O)N2C.COc1cc(C(=O)NC2CCC(N3CCN(C)CC3)CC2)ccc1Nc1ncc2c(n1)N(C1CCCC1)CC1(CC1)C(=O)N2C.Cl.O. The number of aromatic nitrogens is 4. The first-order chi connectivity index (χ1) is 43.7. The highest BCUT2D eigenvalue weighted by Gasteiger charge is 2.57. The highest BCUT2D eigenvalue weighted by atomic mass is 35.5. The van der Waals surface area contributed by atoms with Crippen molar-refractivity contribution < 1.29 is 34.1 Å². The van der Waals surface area contributed by atoms with Gasteiger partial charge in [0, 0.05) is 127 Å². The van der Waals surface area contributed by atoms with Crippen LogP contribution in [-0.2, 0) is 9.59 Å². The standard InChI is InChI=1S/2C34H48N8O3.ClH.H2O/c2*1-39-16-18-41(19-17-39)25-11-9-24(10-12-25)36-31(43)23-8-13-27(29(20-23)45-3)37-33-35-21-28-30(38-33)42(26-6-4-5-7-26)22-34(14-15-34)32(44)40(28)2;;/h2*8,13,20-21,24-26H,4-7,9-12,14-19,22H2,1-3H3,(H,36,43)(H,35,37,38);1H;1H2. The van der Waals surface area contributed by atoms with Crippen LogP contribution < -0.4 is 50.3 Å². The number of fused-ring (bicyclic) bond motifs is 2. The molecular weight excluding hydrogens is 1190 g/mol. The fourth-order valence-electron chi connectivity index (χ4n) is 15.9. The number of likely N-dealkylation sites (N-methyl/N-ethyl adjacent to an activating group) is 2. The molecule has 10 aliphatic rings. The number of rotatable bonds is 14. The molecule has 0 atom stereocenters. The maximum atomic E-state index is 13.4. The second-order valence-electron chi connectivity index (χ2n) is 27.9. The minimum Gasteiger partial charge on any atom is -0.495 e. The molecule has 92 heavy (non-hydrogen) atoms. The van der Waals surface area contributed by atoms with Crippen LogP contribution in [0.2, 0.25) is 0 Å². The van der Waals surface area contributed by atoms with E-state index in [2.05, 4.69) is 74.7 Å². The van der Waals surface area contributed by atoms with E-state index in [-0.39, 0.29) is 64.4 Å². The zero-order valence-corrected chi connectivity index (χ0v) is 55.8. The topological polar surface area (TPSA) is 244 Å². The Kier molecular flexibility index (Phi) is 20.7. The van der Waals surface area contributed by atoms with Crippen molar-refractivity contribution in [3.63, 3.8) is 0 Å². The number of amides is 4. The summed E-state index contributed by atoms with van der Waals surface area (Å²) in [5.74, 6) is 3.82. The van der Waals surface area contributed by atoms with Gasteiger partial charge in [0.2, 0.25) is 23.7 Å². The number of carbonyl (C=O) groups excluding carboxylic acids is 4. The Morgan fingerprint density at radius 2 is 0.859 bits per heavy atom. The number of benzene rings is 2. The average Bonchev–Trinajstić information content (AvgIpc) is 1.59. The van der Waals surface area contributed by atoms with E-state index in [1.54, 1.807) is 48.5 Å². The third-order valence-corrected chi connectivity index (χ3v) is 22.1. The van der Waals surface area contributed by atoms with Crippen molar-refractivity contribution in [1.82, 2.24) is 50.2 Å². The predicted molar refractivity (Wildman–Crippen MR) is 362 cm³/mol. The van der Waals surface area contributed by atoms with E-state index in [9.17, 15) is 19.2 Å². The van der Waals surface area contributed by atoms with Gasteiger partial charge in [0.05, 0.1) is 48.8 Å². The zero-order chi connectivity index (χ0) is 62.3. The summed E-state index contributed by atoms with van der Waals surface area (Å²) in [6, 6.07) is 13.4. The molecule has 23 nitrogen and oxygen atoms in total. The fraction of sp³-hybridized carbons (Fsp3) is 0.647. The number of ether oxygens (including phenoxy) is 2. The van der Waals surface area contributed by atoms with Gasteiger partial charge in [0.15, 0.2) is 11.6 Å². The molecule has 6 N–H and O–H groups in total. The van der Waals surface area contributed by atoms with E-state index in [1.807, 2.05) is 38.4 Å². The second kappa shape index (κ2) is 28.5. The van der Waals surface area contributed by atoms with Crippen LogP contribution in [0, 0.1) is 10.8 Å². The van der Waals surface area contributed by atoms with Crippen LogP contribution in [0.3, 0.4) is 0 Å². The number of nitrogens with one attached hydrogen (secondary N) is 4. The Labute approximate surface area is 549 Å². The molecule has 500 valence electrons. The molecule has 0 radical (unpaired) electrons. The molecule has 24 heteroatoms. The lowest BCUT2D eigenvalue weighted by atomic mass is 9.89. The number of hydrogen-bond acceptors (Lipinski definition) is 18. The van der Waals surface area contributed by atoms with Crippen molar-refractivity contribution in [2.45, 2.75) is 165 Å². The Hall–Kier alpha value is -6.63. The van der Waals surface area contributed by atoms with Crippen molar-refractivity contribution in [2.24, 2.45) is 10.8 Å². The van der Waals surface area contributed by atoms with E-state index in [1.165, 1.54) is 25.7 Å². The van der Waals surface area contributed by atoms with Gasteiger partial charge in [0.1, 0.15) is 22.9 Å². The number of hydrogen-bond donors (Lipinski definition) is 4. The molecule has 4 aliphatic heterocycles. The highest BCUT2D eigenvalue weighted by Crippen LogP contribution is 2.54. The first-order valence-corrected chi connectivity index (χ1v) is 33.9. The third-order valence-electron chi connectivity index (χ3n) is 22.1. The molecular formula is C68H99ClN16O7. The van der Waals surface area contributed by atoms with Gasteiger partial charge >= 0.3 is 0 Å². The van der Waals surface area contributed by atoms with Crippen LogP contribution >= 0.6 is 12.4 Å². The molecule has 6 heterocycles. The molecule has 6 saturated carbocycles. The molecule has 4 amide bonds. The summed E-state index contributed by atoms with van der Waals surface area (Å²) in [7, 11) is 11.3. The molecule has 8 fully saturated rings. The van der Waals surface area contributed by atoms with Gasteiger partial charge in [-0.15, -0.1) is 12.4 Å². The molecule has 4 aromatic rings. The largest absolute Gasteiger partial charge is 0.495 e. The number of piperazine rings is 2. The minimum atomic E-state index is -0.296. The van der Waals surface area contributed by atoms with Gasteiger partial charge in [-0.1, -0.05) is 25.7 Å². The molecule has 14 rings (SSSR count). The van der Waals surface area contributed by atoms with Crippen molar-refractivity contribution >= 4 is 82.3 Å². The monoisotopic (exact) mass is 1290 g/mol. The van der Waals surface area contributed by atoms with Gasteiger partial charge in [0.25, 0.3) is 11.8 Å². The Balaban J connectivity index is 0.000000184. The molecule has 2 aromatic carbocycles. The van der Waals surface area contributed by atoms with Crippen LogP contribution in [0.1, 0.15) is 149 Å². The second-order valence-corrected chi connectivity index (χ2v) is 27.9. The molecule has 2 aromatic heterocycles. The third kappa shape index (κ3) is 14.2. The smallest absolute Gasteiger partial charge is 0.251 e. The lowest BCUT2D eigenvalue weighted by Gasteiger charge is -2.41. The number of carbonyl (C=O) groups is 4. The van der Waals surface area contributed by atoms with Crippen LogP contribution in [0.4, 0.5) is 46.3 Å². The fourth-order valence-corrected chi connectivity index (χ4v) is 15.9. The highest BCUT2D eigenvalue weighted by molar-refractivity contribution is 6.04. The summed E-state index contributed by atoms with van der Waals surface area (Å²) in [5, 5.41) is 13.2. The van der Waals surface area contributed by atoms with Crippen LogP contribution in [0.25, 0.3) is 0 Å². The summed E-state index contributed by atoms with van der Waals surface area (Å²) < 4.78 is 11.4. The van der Waals surface area contributed by atoms with E-state index in [4.69, 9.17) is 19.4 Å². The van der Waals surface area contributed by atoms with E-state index in [0.717, 1.165) is 191 Å². The number of anilines is 8. The first-order valence-electron chi connectivity index (χ1n) is 33.9. The summed E-state index contributed by atoms with van der Waals surface area (Å²) >= 11 is 0. The molecule has 2 spiro atoms. The Bertz CT molecular complexity index is 3040. The van der Waals surface area contributed by atoms with Crippen LogP contribution in [0.15, 0.2) is 48.8 Å². The van der Waals surface area contributed by atoms with Crippen molar-refractivity contribution in [3.05, 3.63) is 59.9 Å². The molecule has 0 unspecified atom stereocenters. The Morgan fingerprint density at radius 3 is 1.20 bits per heavy atom. The molecule has 0 bridgehead atoms. The van der Waals surface area contributed by atoms with E-state index < -0.39 is 0 Å². The van der Waals surface area contributed by atoms with Gasteiger partial charge in [-0.2, -0.15) is 9.97 Å². The summed E-state index contributed by atoms with van der Waals surface area (Å²) in [6.45, 7) is 10.6. The lowest BCUT2D eigenvalue weighted by Crippen LogP contribution is -2.51. The quantitative estimate of drug-likeness (QED) is 0.0947. The predicted octanol–water partition coefficient (Wildman–Crippen LogP) is 7.64. The number of halogens is 1. The van der Waals surface area contributed by atoms with Gasteiger partial charge in [-0.25, -0.2) is 9.97 Å². The van der Waals surface area contributed by atoms with E-state index in [0.29, 0.717) is 70.1 Å². The van der Waals surface area contributed by atoms with Gasteiger partial charge < -0.3 is 65.6 Å². The van der Waals surface area contributed by atoms with Crippen molar-refractivity contribution in [3.8, 4) is 11.5 Å². The average molecular weight is 1290 g/mol. The normalized spacial score (nSPS) is 25.1. The van der Waals surface area contributed by atoms with Crippen LogP contribution in [0.5, 0.6) is 11.5 Å². The summed E-state index contributed by atoms with van der Waals surface area (Å²) in [6.07, 6.45) is 25.1. The van der Waals surface area contributed by atoms with Crippen LogP contribution in [-0.4, -0.2) is 213 Å². The maximum absolute atomic E-state index is 13.4. The number of nitrogens with zero attached hydrogens (tertiary/aromatic N) is 12. The number of methoxy groups -OCH3 is 2. The van der Waals surface area contributed by atoms with Gasteiger partial charge in [-0.3, -0.25) is 29.0 Å². The molecule has 2 saturated heterocycles. The van der Waals surface area contributed by atoms with Crippen molar-refractivity contribution in [1.29, 1.82) is 0 Å². The molecule has 6 aliphatic carbocycles. The lowest BCUT2D eigenvalue weighted by molar-refractivity contribution is -0.123. The minimum absolute atomic E-state index is 0. The van der Waals surface area contributed by atoms with E-state index >= 15 is 0 Å². The van der Waals surface area contributed by atoms with Gasteiger partial charge in [-0.05, 0) is 153 Å². The summed E-state index contributed by atoms with van der Waals surface area (Å²) in [4.78, 5) is 90.9. The summed E-state index contributed by atoms with van der Waals surface area (Å²) in [5.41, 5.74) is 3.45. The zero-order valence-electron chi connectivity index (χ0n) is 55.0. The van der Waals surface area contributed by atoms with Crippen molar-refractivity contribution in [2.75, 3.05) is 138 Å². The first kappa shape index (κ1) is 66.8. The Morgan fingerprint density at radius 1 is 0.500 bits per heavy atom.